The summed E-state index contributed by atoms with van der Waals surface area (Å²) in [5.74, 6) is -0.602. The summed E-state index contributed by atoms with van der Waals surface area (Å²) in [7, 11) is 0. The fourth-order valence-electron chi connectivity index (χ4n) is 2.80. The fraction of sp³-hybridized carbons (Fsp3) is 0.105. The van der Waals surface area contributed by atoms with Crippen molar-refractivity contribution < 1.29 is 9.18 Å². The largest absolute Gasteiger partial charge is 0.296 e. The van der Waals surface area contributed by atoms with Crippen LogP contribution >= 0.6 is 23.1 Å². The van der Waals surface area contributed by atoms with Crippen LogP contribution in [-0.4, -0.2) is 26.5 Å². The SMILES string of the molecule is CSc1nc(C(=O)Nc2nc(-c3ccc(F)cc3)c(C)s2)c2ccccn12. The standard InChI is InChI=1S/C19H15FN4OS2/c1-11-15(12-6-8-13(20)9-7-12)21-18(27-11)23-17(25)16-14-5-3-4-10-24(14)19(22-16)26-2/h3-10H,1-2H3,(H,21,23,25). The van der Waals surface area contributed by atoms with Gasteiger partial charge in [-0.1, -0.05) is 17.8 Å². The van der Waals surface area contributed by atoms with E-state index >= 15 is 0 Å². The Hall–Kier alpha value is -2.71. The summed E-state index contributed by atoms with van der Waals surface area (Å²) < 4.78 is 15.0. The van der Waals surface area contributed by atoms with E-state index < -0.39 is 0 Å². The minimum atomic E-state index is -0.307. The number of carbonyl (C=O) groups excluding carboxylic acids is 1. The molecule has 0 aliphatic rings. The van der Waals surface area contributed by atoms with E-state index in [9.17, 15) is 9.18 Å². The van der Waals surface area contributed by atoms with Crippen LogP contribution < -0.4 is 5.32 Å². The second kappa shape index (κ2) is 7.13. The van der Waals surface area contributed by atoms with Gasteiger partial charge in [0.2, 0.25) is 0 Å². The van der Waals surface area contributed by atoms with Crippen LogP contribution in [0.15, 0.2) is 53.8 Å². The number of pyridine rings is 1. The number of thioether (sulfide) groups is 1. The van der Waals surface area contributed by atoms with Crippen molar-refractivity contribution in [1.82, 2.24) is 14.4 Å². The monoisotopic (exact) mass is 398 g/mol. The molecule has 1 N–H and O–H groups in total. The summed E-state index contributed by atoms with van der Waals surface area (Å²) in [5, 5.41) is 4.07. The maximum atomic E-state index is 13.1. The number of rotatable bonds is 4. The molecular formula is C19H15FN4OS2. The number of nitrogens with zero attached hydrogens (tertiary/aromatic N) is 3. The molecule has 0 spiro atoms. The number of hydrogen-bond donors (Lipinski definition) is 1. The Labute approximate surface area is 163 Å². The molecule has 5 nitrogen and oxygen atoms in total. The van der Waals surface area contributed by atoms with Gasteiger partial charge in [0, 0.05) is 16.6 Å². The van der Waals surface area contributed by atoms with Gasteiger partial charge in [0.25, 0.3) is 5.91 Å². The van der Waals surface area contributed by atoms with E-state index in [1.807, 2.05) is 42.0 Å². The van der Waals surface area contributed by atoms with Crippen LogP contribution in [0.5, 0.6) is 0 Å². The minimum absolute atomic E-state index is 0.295. The molecule has 0 unspecified atom stereocenters. The van der Waals surface area contributed by atoms with Gasteiger partial charge in [0.15, 0.2) is 16.0 Å². The van der Waals surface area contributed by atoms with Crippen molar-refractivity contribution in [2.75, 3.05) is 11.6 Å². The number of carbonyl (C=O) groups is 1. The van der Waals surface area contributed by atoms with Gasteiger partial charge < -0.3 is 0 Å². The highest BCUT2D eigenvalue weighted by Crippen LogP contribution is 2.31. The number of amides is 1. The number of thiazole rings is 1. The molecule has 0 saturated carbocycles. The van der Waals surface area contributed by atoms with Gasteiger partial charge in [-0.25, -0.2) is 14.4 Å². The Morgan fingerprint density at radius 1 is 1.19 bits per heavy atom. The number of aryl methyl sites for hydroxylation is 1. The predicted octanol–water partition coefficient (Wildman–Crippen LogP) is 4.88. The molecule has 136 valence electrons. The summed E-state index contributed by atoms with van der Waals surface area (Å²) in [6.07, 6.45) is 3.80. The quantitative estimate of drug-likeness (QED) is 0.498. The summed E-state index contributed by atoms with van der Waals surface area (Å²) in [6, 6.07) is 11.8. The van der Waals surface area contributed by atoms with E-state index in [4.69, 9.17) is 0 Å². The number of anilines is 1. The molecule has 0 bridgehead atoms. The number of halogens is 1. The third-order valence-electron chi connectivity index (χ3n) is 4.05. The van der Waals surface area contributed by atoms with Crippen molar-refractivity contribution in [2.24, 2.45) is 0 Å². The van der Waals surface area contributed by atoms with Crippen LogP contribution in [0.3, 0.4) is 0 Å². The molecule has 4 aromatic rings. The molecule has 3 heterocycles. The molecule has 0 aliphatic carbocycles. The molecule has 0 atom stereocenters. The Bertz CT molecular complexity index is 1130. The van der Waals surface area contributed by atoms with Crippen LogP contribution in [0.1, 0.15) is 15.4 Å². The zero-order valence-corrected chi connectivity index (χ0v) is 16.2. The molecule has 0 saturated heterocycles. The van der Waals surface area contributed by atoms with Crippen molar-refractivity contribution in [2.45, 2.75) is 12.1 Å². The fourth-order valence-corrected chi connectivity index (χ4v) is 4.17. The van der Waals surface area contributed by atoms with Crippen molar-refractivity contribution in [3.63, 3.8) is 0 Å². The minimum Gasteiger partial charge on any atom is -0.296 e. The Morgan fingerprint density at radius 3 is 2.70 bits per heavy atom. The lowest BCUT2D eigenvalue weighted by atomic mass is 10.1. The first kappa shape index (κ1) is 17.7. The summed E-state index contributed by atoms with van der Waals surface area (Å²) in [5.41, 5.74) is 2.64. The number of imidazole rings is 1. The average molecular weight is 398 g/mol. The Morgan fingerprint density at radius 2 is 1.96 bits per heavy atom. The van der Waals surface area contributed by atoms with Crippen molar-refractivity contribution >= 4 is 39.7 Å². The maximum absolute atomic E-state index is 13.1. The molecular weight excluding hydrogens is 383 g/mol. The third kappa shape index (κ3) is 3.33. The zero-order chi connectivity index (χ0) is 19.0. The molecule has 27 heavy (non-hydrogen) atoms. The van der Waals surface area contributed by atoms with E-state index in [-0.39, 0.29) is 11.7 Å². The zero-order valence-electron chi connectivity index (χ0n) is 14.6. The van der Waals surface area contributed by atoms with Crippen molar-refractivity contribution in [3.05, 3.63) is 65.0 Å². The molecule has 8 heteroatoms. The molecule has 4 rings (SSSR count). The number of fused-ring (bicyclic) bond motifs is 1. The van der Waals surface area contributed by atoms with Crippen LogP contribution in [0.25, 0.3) is 16.8 Å². The van der Waals surface area contributed by atoms with Gasteiger partial charge in [0.1, 0.15) is 5.82 Å². The summed E-state index contributed by atoms with van der Waals surface area (Å²) in [6.45, 7) is 1.92. The summed E-state index contributed by atoms with van der Waals surface area (Å²) >= 11 is 2.85. The van der Waals surface area contributed by atoms with E-state index in [0.29, 0.717) is 10.8 Å². The van der Waals surface area contributed by atoms with Gasteiger partial charge in [-0.05, 0) is 49.6 Å². The Kier molecular flexibility index (Phi) is 4.67. The second-order valence-electron chi connectivity index (χ2n) is 5.79. The normalized spacial score (nSPS) is 11.1. The van der Waals surface area contributed by atoms with Crippen LogP contribution in [0, 0.1) is 12.7 Å². The van der Waals surface area contributed by atoms with E-state index in [1.54, 1.807) is 12.1 Å². The second-order valence-corrected chi connectivity index (χ2v) is 7.76. The number of hydrogen-bond acceptors (Lipinski definition) is 5. The first-order chi connectivity index (χ1) is 13.1. The highest BCUT2D eigenvalue weighted by atomic mass is 32.2. The lowest BCUT2D eigenvalue weighted by molar-refractivity contribution is 0.102. The first-order valence-electron chi connectivity index (χ1n) is 8.12. The Balaban J connectivity index is 1.64. The van der Waals surface area contributed by atoms with Gasteiger partial charge >= 0.3 is 0 Å². The van der Waals surface area contributed by atoms with Crippen LogP contribution in [0.4, 0.5) is 9.52 Å². The molecule has 0 aliphatic heterocycles. The predicted molar refractivity (Wildman–Crippen MR) is 107 cm³/mol. The molecule has 1 aromatic carbocycles. The average Bonchev–Trinajstić information content (AvgIpc) is 3.23. The molecule has 0 fully saturated rings. The molecule has 0 radical (unpaired) electrons. The number of nitrogens with one attached hydrogen (secondary N) is 1. The first-order valence-corrected chi connectivity index (χ1v) is 10.2. The van der Waals surface area contributed by atoms with Gasteiger partial charge in [-0.3, -0.25) is 14.5 Å². The summed E-state index contributed by atoms with van der Waals surface area (Å²) in [4.78, 5) is 22.7. The number of benzene rings is 1. The smallest absolute Gasteiger partial charge is 0.278 e. The van der Waals surface area contributed by atoms with E-state index in [2.05, 4.69) is 15.3 Å². The lowest BCUT2D eigenvalue weighted by Gasteiger charge is -2.00. The van der Waals surface area contributed by atoms with E-state index in [1.165, 1.54) is 35.2 Å². The van der Waals surface area contributed by atoms with E-state index in [0.717, 1.165) is 26.8 Å². The molecule has 3 aromatic heterocycles. The highest BCUT2D eigenvalue weighted by molar-refractivity contribution is 7.98. The van der Waals surface area contributed by atoms with Crippen molar-refractivity contribution in [3.8, 4) is 11.3 Å². The maximum Gasteiger partial charge on any atom is 0.278 e. The lowest BCUT2D eigenvalue weighted by Crippen LogP contribution is -2.12. The van der Waals surface area contributed by atoms with Gasteiger partial charge in [-0.2, -0.15) is 0 Å². The van der Waals surface area contributed by atoms with Crippen LogP contribution in [-0.2, 0) is 0 Å². The van der Waals surface area contributed by atoms with Gasteiger partial charge in [-0.15, -0.1) is 11.3 Å². The third-order valence-corrected chi connectivity index (χ3v) is 5.59. The van der Waals surface area contributed by atoms with Gasteiger partial charge in [0.05, 0.1) is 11.2 Å². The molecule has 1 amide bonds. The number of aromatic nitrogens is 3. The topological polar surface area (TPSA) is 59.3 Å². The van der Waals surface area contributed by atoms with Crippen molar-refractivity contribution in [1.29, 1.82) is 0 Å². The van der Waals surface area contributed by atoms with Crippen LogP contribution in [0.2, 0.25) is 0 Å². The highest BCUT2D eigenvalue weighted by Gasteiger charge is 2.19.